The van der Waals surface area contributed by atoms with E-state index in [0.29, 0.717) is 14.9 Å². The summed E-state index contributed by atoms with van der Waals surface area (Å²) in [6, 6.07) is 3.47. The molecule has 0 heterocycles. The van der Waals surface area contributed by atoms with Crippen LogP contribution in [0.5, 0.6) is 5.75 Å². The van der Waals surface area contributed by atoms with Crippen LogP contribution >= 0.6 is 22.6 Å². The second kappa shape index (κ2) is 3.38. The van der Waals surface area contributed by atoms with Crippen LogP contribution in [-0.4, -0.2) is 7.11 Å². The van der Waals surface area contributed by atoms with Crippen molar-refractivity contribution in [1.29, 1.82) is 0 Å². The van der Waals surface area contributed by atoms with Crippen LogP contribution in [0.3, 0.4) is 0 Å². The van der Waals surface area contributed by atoms with E-state index in [2.05, 4.69) is 0 Å². The molecule has 0 saturated carbocycles. The smallest absolute Gasteiger partial charge is 0.143 e. The van der Waals surface area contributed by atoms with Gasteiger partial charge in [0.05, 0.1) is 10.7 Å². The Morgan fingerprint density at radius 3 is 2.64 bits per heavy atom. The first-order chi connectivity index (χ1) is 5.16. The van der Waals surface area contributed by atoms with Crippen molar-refractivity contribution in [2.45, 2.75) is 6.92 Å². The Morgan fingerprint density at radius 1 is 1.45 bits per heavy atom. The summed E-state index contributed by atoms with van der Waals surface area (Å²) in [5.41, 5.74) is 0.648. The molecule has 0 aromatic heterocycles. The fraction of sp³-hybridized carbons (Fsp3) is 0.250. The summed E-state index contributed by atoms with van der Waals surface area (Å²) in [6.07, 6.45) is 0. The Bertz CT molecular complexity index is 273. The molecule has 0 saturated heterocycles. The van der Waals surface area contributed by atoms with Crippen molar-refractivity contribution >= 4 is 22.6 Å². The van der Waals surface area contributed by atoms with Gasteiger partial charge in [-0.3, -0.25) is 0 Å². The minimum absolute atomic E-state index is 0.190. The van der Waals surface area contributed by atoms with E-state index in [1.165, 1.54) is 7.11 Å². The maximum absolute atomic E-state index is 13.1. The highest BCUT2D eigenvalue weighted by molar-refractivity contribution is 14.1. The first kappa shape index (κ1) is 8.77. The van der Waals surface area contributed by atoms with Crippen molar-refractivity contribution in [1.82, 2.24) is 0 Å². The van der Waals surface area contributed by atoms with Gasteiger partial charge < -0.3 is 4.74 Å². The molecule has 60 valence electrons. The highest BCUT2D eigenvalue weighted by atomic mass is 127. The van der Waals surface area contributed by atoms with E-state index in [0.717, 1.165) is 0 Å². The van der Waals surface area contributed by atoms with Gasteiger partial charge in [0.25, 0.3) is 0 Å². The summed E-state index contributed by atoms with van der Waals surface area (Å²) in [5.74, 6) is 0.402. The van der Waals surface area contributed by atoms with E-state index >= 15 is 0 Å². The Kier molecular flexibility index (Phi) is 2.70. The molecule has 0 aliphatic heterocycles. The maximum Gasteiger partial charge on any atom is 0.143 e. The fourth-order valence-corrected chi connectivity index (χ4v) is 1.61. The number of hydrogen-bond acceptors (Lipinski definition) is 1. The zero-order chi connectivity index (χ0) is 8.43. The molecule has 3 heteroatoms. The number of methoxy groups -OCH3 is 1. The summed E-state index contributed by atoms with van der Waals surface area (Å²) in [7, 11) is 1.53. The SMILES string of the molecule is COc1ccc(C)c(F)c1I. The molecular formula is C8H8FIO. The van der Waals surface area contributed by atoms with Crippen LogP contribution in [0.15, 0.2) is 12.1 Å². The van der Waals surface area contributed by atoms with E-state index in [-0.39, 0.29) is 5.82 Å². The van der Waals surface area contributed by atoms with Crippen LogP contribution in [0.1, 0.15) is 5.56 Å². The molecule has 1 rings (SSSR count). The molecule has 0 atom stereocenters. The molecule has 1 aromatic rings. The largest absolute Gasteiger partial charge is 0.496 e. The second-order valence-corrected chi connectivity index (χ2v) is 3.29. The monoisotopic (exact) mass is 266 g/mol. The van der Waals surface area contributed by atoms with Gasteiger partial charge in [0.2, 0.25) is 0 Å². The number of benzene rings is 1. The van der Waals surface area contributed by atoms with Crippen LogP contribution in [0.4, 0.5) is 4.39 Å². The molecule has 1 aromatic carbocycles. The van der Waals surface area contributed by atoms with Gasteiger partial charge in [-0.2, -0.15) is 0 Å². The van der Waals surface area contributed by atoms with Crippen molar-refractivity contribution in [3.8, 4) is 5.75 Å². The lowest BCUT2D eigenvalue weighted by molar-refractivity contribution is 0.407. The summed E-state index contributed by atoms with van der Waals surface area (Å²) in [5, 5.41) is 0. The fourth-order valence-electron chi connectivity index (χ4n) is 0.786. The maximum atomic E-state index is 13.1. The van der Waals surface area contributed by atoms with E-state index in [4.69, 9.17) is 4.74 Å². The lowest BCUT2D eigenvalue weighted by Gasteiger charge is -2.04. The van der Waals surface area contributed by atoms with Crippen molar-refractivity contribution in [2.24, 2.45) is 0 Å². The molecule has 0 aliphatic rings. The van der Waals surface area contributed by atoms with Crippen molar-refractivity contribution in [3.05, 3.63) is 27.1 Å². The number of ether oxygens (including phenoxy) is 1. The molecule has 0 fully saturated rings. The minimum Gasteiger partial charge on any atom is -0.496 e. The number of aryl methyl sites for hydroxylation is 1. The molecule has 0 unspecified atom stereocenters. The zero-order valence-corrected chi connectivity index (χ0v) is 8.48. The molecule has 0 aliphatic carbocycles. The van der Waals surface area contributed by atoms with Gasteiger partial charge in [0.15, 0.2) is 0 Å². The third-order valence-corrected chi connectivity index (χ3v) is 2.47. The van der Waals surface area contributed by atoms with Gasteiger partial charge in [-0.25, -0.2) is 4.39 Å². The van der Waals surface area contributed by atoms with Crippen LogP contribution in [0.25, 0.3) is 0 Å². The zero-order valence-electron chi connectivity index (χ0n) is 6.32. The average molecular weight is 266 g/mol. The Hall–Kier alpha value is -0.320. The minimum atomic E-state index is -0.190. The van der Waals surface area contributed by atoms with E-state index in [1.807, 2.05) is 22.6 Å². The highest BCUT2D eigenvalue weighted by Crippen LogP contribution is 2.24. The first-order valence-corrected chi connectivity index (χ1v) is 4.23. The predicted molar refractivity (Wildman–Crippen MR) is 50.4 cm³/mol. The Labute approximate surface area is 78.7 Å². The van der Waals surface area contributed by atoms with E-state index < -0.39 is 0 Å². The van der Waals surface area contributed by atoms with E-state index in [9.17, 15) is 4.39 Å². The molecule has 0 radical (unpaired) electrons. The molecule has 0 amide bonds. The van der Waals surface area contributed by atoms with Gasteiger partial charge in [-0.1, -0.05) is 6.07 Å². The molecule has 0 spiro atoms. The van der Waals surface area contributed by atoms with Crippen LogP contribution in [0, 0.1) is 16.3 Å². The lowest BCUT2D eigenvalue weighted by atomic mass is 10.2. The molecule has 1 nitrogen and oxygen atoms in total. The Balaban J connectivity index is 3.25. The van der Waals surface area contributed by atoms with Crippen LogP contribution in [0.2, 0.25) is 0 Å². The quantitative estimate of drug-likeness (QED) is 0.710. The van der Waals surface area contributed by atoms with Crippen molar-refractivity contribution < 1.29 is 9.13 Å². The number of rotatable bonds is 1. The molecular weight excluding hydrogens is 258 g/mol. The summed E-state index contributed by atoms with van der Waals surface area (Å²) >= 11 is 1.93. The van der Waals surface area contributed by atoms with Gasteiger partial charge in [-0.15, -0.1) is 0 Å². The first-order valence-electron chi connectivity index (χ1n) is 3.15. The summed E-state index contributed by atoms with van der Waals surface area (Å²) in [4.78, 5) is 0. The van der Waals surface area contributed by atoms with E-state index in [1.54, 1.807) is 19.1 Å². The Morgan fingerprint density at radius 2 is 2.09 bits per heavy atom. The predicted octanol–water partition coefficient (Wildman–Crippen LogP) is 2.75. The molecule has 11 heavy (non-hydrogen) atoms. The van der Waals surface area contributed by atoms with Gasteiger partial charge in [0.1, 0.15) is 11.6 Å². The van der Waals surface area contributed by atoms with Crippen molar-refractivity contribution in [3.63, 3.8) is 0 Å². The van der Waals surface area contributed by atoms with Gasteiger partial charge >= 0.3 is 0 Å². The standard InChI is InChI=1S/C8H8FIO/c1-5-3-4-6(11-2)8(10)7(5)9/h3-4H,1-2H3. The molecule has 0 N–H and O–H groups in total. The van der Waals surface area contributed by atoms with Crippen molar-refractivity contribution in [2.75, 3.05) is 7.11 Å². The van der Waals surface area contributed by atoms with Gasteiger partial charge in [0, 0.05) is 0 Å². The number of halogens is 2. The average Bonchev–Trinajstić information content (AvgIpc) is 2.01. The topological polar surface area (TPSA) is 9.23 Å². The third-order valence-electron chi connectivity index (χ3n) is 1.46. The second-order valence-electron chi connectivity index (χ2n) is 2.21. The lowest BCUT2D eigenvalue weighted by Crippen LogP contribution is -1.92. The van der Waals surface area contributed by atoms with Gasteiger partial charge in [-0.05, 0) is 41.1 Å². The van der Waals surface area contributed by atoms with Crippen LogP contribution < -0.4 is 4.74 Å². The normalized spacial score (nSPS) is 9.82. The summed E-state index contributed by atoms with van der Waals surface area (Å²) < 4.78 is 18.6. The summed E-state index contributed by atoms with van der Waals surface area (Å²) in [6.45, 7) is 1.73. The molecule has 0 bridgehead atoms. The highest BCUT2D eigenvalue weighted by Gasteiger charge is 2.07. The number of hydrogen-bond donors (Lipinski definition) is 0. The van der Waals surface area contributed by atoms with Crippen LogP contribution in [-0.2, 0) is 0 Å². The third kappa shape index (κ3) is 1.64.